The molecule has 0 aliphatic carbocycles. The van der Waals surface area contributed by atoms with E-state index < -0.39 is 0 Å². The van der Waals surface area contributed by atoms with Crippen LogP contribution in [0.15, 0.2) is 27.1 Å². The number of benzene rings is 1. The van der Waals surface area contributed by atoms with Crippen molar-refractivity contribution in [2.24, 2.45) is 0 Å². The van der Waals surface area contributed by atoms with Crippen molar-refractivity contribution in [3.05, 3.63) is 32.7 Å². The predicted molar refractivity (Wildman–Crippen MR) is 68.2 cm³/mol. The zero-order valence-electron chi connectivity index (χ0n) is 8.11. The fourth-order valence-electron chi connectivity index (χ4n) is 1.15. The van der Waals surface area contributed by atoms with Crippen LogP contribution in [0.25, 0.3) is 0 Å². The van der Waals surface area contributed by atoms with E-state index in [1.165, 1.54) is 10.0 Å². The van der Waals surface area contributed by atoms with Crippen molar-refractivity contribution in [3.63, 3.8) is 0 Å². The third-order valence-electron chi connectivity index (χ3n) is 1.83. The Bertz CT molecular complexity index is 358. The highest BCUT2D eigenvalue weighted by molar-refractivity contribution is 9.11. The Kier molecular flexibility index (Phi) is 5.29. The molecule has 0 atom stereocenters. The fraction of sp³-hybridized carbons (Fsp3) is 0.333. The summed E-state index contributed by atoms with van der Waals surface area (Å²) in [5.74, 6) is 6.22. The molecule has 0 N–H and O–H groups in total. The first-order valence-corrected chi connectivity index (χ1v) is 6.22. The van der Waals surface area contributed by atoms with Crippen LogP contribution >= 0.6 is 31.9 Å². The Hall–Kier alpha value is -0.260. The first kappa shape index (κ1) is 11.8. The van der Waals surface area contributed by atoms with E-state index in [-0.39, 0.29) is 0 Å². The highest BCUT2D eigenvalue weighted by atomic mass is 79.9. The summed E-state index contributed by atoms with van der Waals surface area (Å²) in [7, 11) is 0. The Balaban J connectivity index is 2.62. The van der Waals surface area contributed by atoms with Crippen LogP contribution < -0.4 is 0 Å². The number of halogens is 2. The van der Waals surface area contributed by atoms with Crippen LogP contribution in [0.2, 0.25) is 0 Å². The van der Waals surface area contributed by atoms with Gasteiger partial charge in [0.1, 0.15) is 0 Å². The van der Waals surface area contributed by atoms with Gasteiger partial charge in [0.05, 0.1) is 0 Å². The average Bonchev–Trinajstić information content (AvgIpc) is 2.18. The van der Waals surface area contributed by atoms with E-state index in [2.05, 4.69) is 62.8 Å². The van der Waals surface area contributed by atoms with Gasteiger partial charge in [-0.05, 0) is 30.2 Å². The van der Waals surface area contributed by atoms with Gasteiger partial charge in [-0.2, -0.15) is 0 Å². The zero-order chi connectivity index (χ0) is 10.4. The predicted octanol–water partition coefficient (Wildman–Crippen LogP) is 4.56. The van der Waals surface area contributed by atoms with Crippen molar-refractivity contribution < 1.29 is 0 Å². The molecule has 0 aliphatic rings. The monoisotopic (exact) mass is 314 g/mol. The summed E-state index contributed by atoms with van der Waals surface area (Å²) in [6.07, 6.45) is 2.88. The molecule has 0 aromatic heterocycles. The lowest BCUT2D eigenvalue weighted by atomic mass is 10.1. The topological polar surface area (TPSA) is 0 Å². The lowest BCUT2D eigenvalue weighted by molar-refractivity contribution is 1.02. The molecular weight excluding hydrogens is 304 g/mol. The molecule has 0 saturated carbocycles. The second-order valence-corrected chi connectivity index (χ2v) is 4.71. The highest BCUT2D eigenvalue weighted by Gasteiger charge is 1.99. The molecule has 74 valence electrons. The quantitative estimate of drug-likeness (QED) is 0.702. The maximum Gasteiger partial charge on any atom is 0.0208 e. The lowest BCUT2D eigenvalue weighted by Crippen LogP contribution is -1.85. The maximum atomic E-state index is 3.53. The minimum Gasteiger partial charge on any atom is -0.104 e. The SMILES string of the molecule is CCC#CCCc1cc(Br)ccc1Br. The Morgan fingerprint density at radius 1 is 1.21 bits per heavy atom. The van der Waals surface area contributed by atoms with E-state index in [1.807, 2.05) is 6.07 Å². The molecule has 14 heavy (non-hydrogen) atoms. The molecule has 1 rings (SSSR count). The van der Waals surface area contributed by atoms with E-state index in [9.17, 15) is 0 Å². The van der Waals surface area contributed by atoms with Crippen molar-refractivity contribution in [2.75, 3.05) is 0 Å². The molecule has 1 aromatic rings. The second kappa shape index (κ2) is 6.27. The third-order valence-corrected chi connectivity index (χ3v) is 3.10. The summed E-state index contributed by atoms with van der Waals surface area (Å²) < 4.78 is 2.29. The highest BCUT2D eigenvalue weighted by Crippen LogP contribution is 2.22. The smallest absolute Gasteiger partial charge is 0.0208 e. The van der Waals surface area contributed by atoms with Gasteiger partial charge >= 0.3 is 0 Å². The average molecular weight is 316 g/mol. The summed E-state index contributed by atoms with van der Waals surface area (Å²) in [4.78, 5) is 0. The summed E-state index contributed by atoms with van der Waals surface area (Å²) in [6.45, 7) is 2.07. The standard InChI is InChI=1S/C12H12Br2/c1-2-3-4-5-6-10-9-11(13)7-8-12(10)14/h7-9H,2,5-6H2,1H3. The van der Waals surface area contributed by atoms with E-state index in [0.717, 1.165) is 23.7 Å². The van der Waals surface area contributed by atoms with Gasteiger partial charge in [0, 0.05) is 21.8 Å². The number of hydrogen-bond donors (Lipinski definition) is 0. The number of aryl methyl sites for hydroxylation is 1. The second-order valence-electron chi connectivity index (χ2n) is 2.94. The molecular formula is C12H12Br2. The molecule has 0 aliphatic heterocycles. The molecule has 2 heteroatoms. The molecule has 0 unspecified atom stereocenters. The summed E-state index contributed by atoms with van der Waals surface area (Å²) in [5.41, 5.74) is 1.31. The molecule has 0 amide bonds. The maximum absolute atomic E-state index is 3.53. The molecule has 0 fully saturated rings. The van der Waals surface area contributed by atoms with Crippen LogP contribution in [0.5, 0.6) is 0 Å². The molecule has 0 heterocycles. The fourth-order valence-corrected chi connectivity index (χ4v) is 2.00. The van der Waals surface area contributed by atoms with Crippen LogP contribution in [-0.4, -0.2) is 0 Å². The van der Waals surface area contributed by atoms with Crippen molar-refractivity contribution in [1.29, 1.82) is 0 Å². The van der Waals surface area contributed by atoms with Crippen LogP contribution in [0, 0.1) is 11.8 Å². The van der Waals surface area contributed by atoms with Crippen LogP contribution in [0.3, 0.4) is 0 Å². The summed E-state index contributed by atoms with van der Waals surface area (Å²) >= 11 is 6.99. The molecule has 1 aromatic carbocycles. The van der Waals surface area contributed by atoms with Crippen LogP contribution in [0.1, 0.15) is 25.3 Å². The van der Waals surface area contributed by atoms with Gasteiger partial charge in [-0.1, -0.05) is 38.8 Å². The first-order chi connectivity index (χ1) is 6.74. The largest absolute Gasteiger partial charge is 0.104 e. The van der Waals surface area contributed by atoms with Crippen LogP contribution in [0.4, 0.5) is 0 Å². The van der Waals surface area contributed by atoms with Gasteiger partial charge in [-0.15, -0.1) is 11.8 Å². The molecule has 0 radical (unpaired) electrons. The van der Waals surface area contributed by atoms with Gasteiger partial charge in [-0.25, -0.2) is 0 Å². The first-order valence-electron chi connectivity index (χ1n) is 4.63. The minimum atomic E-state index is 0.933. The summed E-state index contributed by atoms with van der Waals surface area (Å²) in [6, 6.07) is 6.23. The number of hydrogen-bond acceptors (Lipinski definition) is 0. The van der Waals surface area contributed by atoms with Crippen molar-refractivity contribution in [3.8, 4) is 11.8 Å². The zero-order valence-corrected chi connectivity index (χ0v) is 11.3. The molecule has 0 bridgehead atoms. The number of rotatable bonds is 2. The van der Waals surface area contributed by atoms with E-state index in [1.54, 1.807) is 0 Å². The molecule has 0 spiro atoms. The Morgan fingerprint density at radius 3 is 2.71 bits per heavy atom. The van der Waals surface area contributed by atoms with Crippen LogP contribution in [-0.2, 0) is 6.42 Å². The van der Waals surface area contributed by atoms with Crippen molar-refractivity contribution in [1.82, 2.24) is 0 Å². The lowest BCUT2D eigenvalue weighted by Gasteiger charge is -2.02. The van der Waals surface area contributed by atoms with Gasteiger partial charge < -0.3 is 0 Å². The minimum absolute atomic E-state index is 0.933. The van der Waals surface area contributed by atoms with Gasteiger partial charge in [0.25, 0.3) is 0 Å². The third kappa shape index (κ3) is 3.86. The normalized spacial score (nSPS) is 9.36. The summed E-state index contributed by atoms with van der Waals surface area (Å²) in [5, 5.41) is 0. The Morgan fingerprint density at radius 2 is 2.00 bits per heavy atom. The molecule has 0 saturated heterocycles. The van der Waals surface area contributed by atoms with Gasteiger partial charge in [0.2, 0.25) is 0 Å². The molecule has 0 nitrogen and oxygen atoms in total. The Labute approximate surface area is 102 Å². The van der Waals surface area contributed by atoms with Gasteiger partial charge in [-0.3, -0.25) is 0 Å². The van der Waals surface area contributed by atoms with E-state index >= 15 is 0 Å². The van der Waals surface area contributed by atoms with Crippen molar-refractivity contribution in [2.45, 2.75) is 26.2 Å². The van der Waals surface area contributed by atoms with E-state index in [0.29, 0.717) is 0 Å². The van der Waals surface area contributed by atoms with Gasteiger partial charge in [0.15, 0.2) is 0 Å². The van der Waals surface area contributed by atoms with E-state index in [4.69, 9.17) is 0 Å². The van der Waals surface area contributed by atoms with Crippen molar-refractivity contribution >= 4 is 31.9 Å².